The van der Waals surface area contributed by atoms with Crippen molar-refractivity contribution >= 4 is 87.1 Å². The second-order valence-corrected chi connectivity index (χ2v) is 9.92. The Bertz CT molecular complexity index is 962. The van der Waals surface area contributed by atoms with Gasteiger partial charge < -0.3 is 10.6 Å². The van der Waals surface area contributed by atoms with Crippen molar-refractivity contribution in [3.8, 4) is 0 Å². The number of anilines is 1. The van der Waals surface area contributed by atoms with Gasteiger partial charge in [-0.15, -0.1) is 34.8 Å². The molecule has 1 fully saturated rings. The number of carbonyl (C=O) groups excluding carboxylic acids is 2. The van der Waals surface area contributed by atoms with Gasteiger partial charge in [-0.05, 0) is 48.4 Å². The van der Waals surface area contributed by atoms with Crippen LogP contribution in [0.5, 0.6) is 0 Å². The molecule has 160 valence electrons. The summed E-state index contributed by atoms with van der Waals surface area (Å²) in [5.74, 6) is -1.50. The summed E-state index contributed by atoms with van der Waals surface area (Å²) in [6.07, 6.45) is 0.630. The molecule has 0 radical (unpaired) electrons. The van der Waals surface area contributed by atoms with E-state index in [1.807, 2.05) is 0 Å². The summed E-state index contributed by atoms with van der Waals surface area (Å²) in [6, 6.07) is 9.56. The van der Waals surface area contributed by atoms with Gasteiger partial charge in [0.2, 0.25) is 5.91 Å². The Morgan fingerprint density at radius 1 is 1.00 bits per heavy atom. The molecule has 30 heavy (non-hydrogen) atoms. The van der Waals surface area contributed by atoms with Crippen LogP contribution in [0, 0.1) is 5.92 Å². The van der Waals surface area contributed by atoms with Crippen LogP contribution in [0.3, 0.4) is 0 Å². The molecule has 0 bridgehead atoms. The lowest BCUT2D eigenvalue weighted by Gasteiger charge is -2.10. The van der Waals surface area contributed by atoms with Crippen LogP contribution in [-0.4, -0.2) is 28.6 Å². The van der Waals surface area contributed by atoms with Crippen molar-refractivity contribution in [2.75, 3.05) is 17.7 Å². The molecule has 0 heterocycles. The van der Waals surface area contributed by atoms with Crippen LogP contribution in [0.4, 0.5) is 5.69 Å². The molecule has 0 spiro atoms. The predicted octanol–water partition coefficient (Wildman–Crippen LogP) is 6.53. The van der Waals surface area contributed by atoms with Crippen LogP contribution in [0.1, 0.15) is 28.3 Å². The van der Waals surface area contributed by atoms with Gasteiger partial charge in [-0.1, -0.05) is 34.8 Å². The van der Waals surface area contributed by atoms with Crippen molar-refractivity contribution in [3.63, 3.8) is 0 Å². The van der Waals surface area contributed by atoms with Gasteiger partial charge in [-0.25, -0.2) is 0 Å². The summed E-state index contributed by atoms with van der Waals surface area (Å²) in [6.45, 7) is 0.419. The summed E-state index contributed by atoms with van der Waals surface area (Å²) in [4.78, 5) is 25.1. The third-order valence-corrected chi connectivity index (χ3v) is 6.63. The average Bonchev–Trinajstić information content (AvgIpc) is 3.25. The highest BCUT2D eigenvalue weighted by atomic mass is 35.5. The van der Waals surface area contributed by atoms with Crippen LogP contribution in [0.25, 0.3) is 0 Å². The molecule has 2 unspecified atom stereocenters. The molecule has 2 aromatic rings. The summed E-state index contributed by atoms with van der Waals surface area (Å²) in [7, 11) is 0. The van der Waals surface area contributed by atoms with Crippen molar-refractivity contribution < 1.29 is 9.59 Å². The minimum Gasteiger partial charge on any atom is -0.352 e. The van der Waals surface area contributed by atoms with Gasteiger partial charge >= 0.3 is 0 Å². The van der Waals surface area contributed by atoms with Gasteiger partial charge in [0, 0.05) is 34.1 Å². The van der Waals surface area contributed by atoms with Gasteiger partial charge in [0.25, 0.3) is 5.91 Å². The fourth-order valence-corrected chi connectivity index (χ4v) is 4.89. The molecule has 10 heteroatoms. The van der Waals surface area contributed by atoms with Crippen LogP contribution < -0.4 is 10.6 Å². The van der Waals surface area contributed by atoms with E-state index in [1.165, 1.54) is 12.1 Å². The van der Waals surface area contributed by atoms with Crippen molar-refractivity contribution in [2.45, 2.75) is 16.7 Å². The number of benzene rings is 2. The first kappa shape index (κ1) is 23.8. The topological polar surface area (TPSA) is 58.2 Å². The van der Waals surface area contributed by atoms with Gasteiger partial charge in [0.1, 0.15) is 4.33 Å². The second kappa shape index (κ2) is 9.72. The van der Waals surface area contributed by atoms with Gasteiger partial charge in [0.15, 0.2) is 0 Å². The maximum absolute atomic E-state index is 12.8. The largest absolute Gasteiger partial charge is 0.352 e. The Balaban J connectivity index is 1.74. The molecule has 0 aliphatic heterocycles. The van der Waals surface area contributed by atoms with E-state index in [0.717, 1.165) is 0 Å². The lowest BCUT2D eigenvalue weighted by atomic mass is 10.1. The quantitative estimate of drug-likeness (QED) is 0.317. The summed E-state index contributed by atoms with van der Waals surface area (Å²) in [5.41, 5.74) is 1.31. The first-order valence-corrected chi connectivity index (χ1v) is 11.4. The van der Waals surface area contributed by atoms with Crippen LogP contribution in [-0.2, 0) is 4.79 Å². The van der Waals surface area contributed by atoms with Crippen molar-refractivity contribution in [1.82, 2.24) is 5.32 Å². The van der Waals surface area contributed by atoms with E-state index in [0.29, 0.717) is 40.1 Å². The maximum atomic E-state index is 12.8. The average molecular weight is 529 g/mol. The van der Waals surface area contributed by atoms with E-state index in [2.05, 4.69) is 10.6 Å². The Kier molecular flexibility index (Phi) is 7.71. The highest BCUT2D eigenvalue weighted by Gasteiger charge is 2.67. The highest BCUT2D eigenvalue weighted by Crippen LogP contribution is 2.65. The van der Waals surface area contributed by atoms with Crippen molar-refractivity contribution in [2.24, 2.45) is 5.92 Å². The molecule has 1 saturated carbocycles. The van der Waals surface area contributed by atoms with E-state index in [1.54, 1.807) is 24.3 Å². The zero-order valence-corrected chi connectivity index (χ0v) is 19.9. The lowest BCUT2D eigenvalue weighted by molar-refractivity contribution is -0.117. The predicted molar refractivity (Wildman–Crippen MR) is 125 cm³/mol. The molecular formula is C20H16Cl6N2O2. The molecule has 2 atom stereocenters. The number of amides is 2. The maximum Gasteiger partial charge on any atom is 0.252 e. The second-order valence-electron chi connectivity index (χ2n) is 6.81. The van der Waals surface area contributed by atoms with E-state index >= 15 is 0 Å². The SMILES string of the molecule is O=C(NCCCCl)c1cc(NC(=O)C2C(c3cc(Cl)cc(Cl)c3)C2(Cl)Cl)ccc1Cl. The third kappa shape index (κ3) is 5.29. The van der Waals surface area contributed by atoms with Crippen LogP contribution in [0.15, 0.2) is 36.4 Å². The van der Waals surface area contributed by atoms with E-state index < -0.39 is 22.1 Å². The fraction of sp³-hybridized carbons (Fsp3) is 0.300. The van der Waals surface area contributed by atoms with Gasteiger partial charge in [-0.3, -0.25) is 9.59 Å². The normalized spacial score (nSPS) is 19.3. The summed E-state index contributed by atoms with van der Waals surface area (Å²) >= 11 is 36.6. The monoisotopic (exact) mass is 526 g/mol. The zero-order valence-electron chi connectivity index (χ0n) is 15.3. The number of alkyl halides is 3. The fourth-order valence-electron chi connectivity index (χ4n) is 3.18. The van der Waals surface area contributed by atoms with E-state index in [-0.39, 0.29) is 16.5 Å². The van der Waals surface area contributed by atoms with E-state index in [4.69, 9.17) is 69.6 Å². The van der Waals surface area contributed by atoms with Crippen LogP contribution >= 0.6 is 69.6 Å². The Morgan fingerprint density at radius 2 is 1.67 bits per heavy atom. The molecular weight excluding hydrogens is 513 g/mol. The molecule has 4 nitrogen and oxygen atoms in total. The molecule has 2 N–H and O–H groups in total. The first-order chi connectivity index (χ1) is 14.1. The zero-order chi connectivity index (χ0) is 22.1. The standard InChI is InChI=1S/C20H16Cl6N2O2/c21-4-1-5-27-18(29)14-9-13(2-3-15(14)24)28-19(30)17-16(20(17,25)26)10-6-11(22)8-12(23)7-10/h2-3,6-9,16-17H,1,4-5H2,(H,27,29)(H,28,30). The molecule has 2 amide bonds. The molecule has 1 aliphatic rings. The third-order valence-electron chi connectivity index (χ3n) is 4.65. The van der Waals surface area contributed by atoms with Crippen molar-refractivity contribution in [1.29, 1.82) is 0 Å². The molecule has 2 aromatic carbocycles. The Hall–Kier alpha value is -0.880. The Labute approximate surface area is 204 Å². The molecule has 0 aromatic heterocycles. The number of halogens is 6. The van der Waals surface area contributed by atoms with Crippen molar-refractivity contribution in [3.05, 3.63) is 62.6 Å². The number of rotatable bonds is 7. The summed E-state index contributed by atoms with van der Waals surface area (Å²) < 4.78 is -1.30. The number of nitrogens with one attached hydrogen (secondary N) is 2. The Morgan fingerprint density at radius 3 is 2.30 bits per heavy atom. The molecule has 0 saturated heterocycles. The van der Waals surface area contributed by atoms with Gasteiger partial charge in [0.05, 0.1) is 16.5 Å². The number of hydrogen-bond acceptors (Lipinski definition) is 2. The van der Waals surface area contributed by atoms with Crippen LogP contribution in [0.2, 0.25) is 15.1 Å². The minimum absolute atomic E-state index is 0.237. The minimum atomic E-state index is -1.30. The van der Waals surface area contributed by atoms with Gasteiger partial charge in [-0.2, -0.15) is 0 Å². The smallest absolute Gasteiger partial charge is 0.252 e. The first-order valence-electron chi connectivity index (χ1n) is 8.93. The molecule has 1 aliphatic carbocycles. The highest BCUT2D eigenvalue weighted by molar-refractivity contribution is 6.53. The number of hydrogen-bond donors (Lipinski definition) is 2. The van der Waals surface area contributed by atoms with E-state index in [9.17, 15) is 9.59 Å². The molecule has 3 rings (SSSR count). The summed E-state index contributed by atoms with van der Waals surface area (Å²) in [5, 5.41) is 6.58. The lowest BCUT2D eigenvalue weighted by Crippen LogP contribution is -2.25. The number of carbonyl (C=O) groups is 2.